The maximum atomic E-state index is 13.0. The third-order valence-corrected chi connectivity index (χ3v) is 5.45. The van der Waals surface area contributed by atoms with Crippen LogP contribution < -0.4 is 10.7 Å². The largest absolute Gasteiger partial charge is 0.320 e. The van der Waals surface area contributed by atoms with Gasteiger partial charge in [0.05, 0.1) is 5.69 Å². The van der Waals surface area contributed by atoms with Gasteiger partial charge < -0.3 is 5.32 Å². The highest BCUT2D eigenvalue weighted by Gasteiger charge is 2.19. The molecule has 1 amide bonds. The van der Waals surface area contributed by atoms with Gasteiger partial charge in [0.1, 0.15) is 0 Å². The van der Waals surface area contributed by atoms with Crippen LogP contribution in [0.15, 0.2) is 71.5 Å². The minimum Gasteiger partial charge on any atom is -0.320 e. The zero-order chi connectivity index (χ0) is 20.0. The molecule has 1 aliphatic rings. The quantitative estimate of drug-likeness (QED) is 0.582. The van der Waals surface area contributed by atoms with E-state index in [-0.39, 0.29) is 5.69 Å². The standard InChI is InChI=1S/C24H19N3O2/c1-15-14-21(28)23(26-27(15)18-7-3-2-4-8-18)24(29)25-20-13-12-17-11-10-16-6-5-9-19(20)22(16)17/h2-9,12-14H,10-11H2,1H3,(H,25,29). The zero-order valence-corrected chi connectivity index (χ0v) is 16.0. The van der Waals surface area contributed by atoms with Crippen molar-refractivity contribution < 1.29 is 4.79 Å². The van der Waals surface area contributed by atoms with Crippen molar-refractivity contribution in [2.75, 3.05) is 5.32 Å². The monoisotopic (exact) mass is 381 g/mol. The van der Waals surface area contributed by atoms with Crippen molar-refractivity contribution in [2.45, 2.75) is 19.8 Å². The lowest BCUT2D eigenvalue weighted by Gasteiger charge is -2.13. The van der Waals surface area contributed by atoms with Gasteiger partial charge in [0.2, 0.25) is 5.43 Å². The maximum absolute atomic E-state index is 13.0. The highest BCUT2D eigenvalue weighted by atomic mass is 16.2. The second-order valence-electron chi connectivity index (χ2n) is 7.31. The van der Waals surface area contributed by atoms with Gasteiger partial charge in [0.25, 0.3) is 5.91 Å². The molecule has 0 bridgehead atoms. The van der Waals surface area contributed by atoms with Crippen LogP contribution >= 0.6 is 0 Å². The third-order valence-electron chi connectivity index (χ3n) is 5.45. The van der Waals surface area contributed by atoms with Gasteiger partial charge in [-0.1, -0.05) is 42.5 Å². The minimum atomic E-state index is -0.501. The lowest BCUT2D eigenvalue weighted by atomic mass is 10.0. The van der Waals surface area contributed by atoms with Gasteiger partial charge in [-0.25, -0.2) is 4.68 Å². The Kier molecular flexibility index (Phi) is 4.02. The van der Waals surface area contributed by atoms with Crippen LogP contribution in [0.5, 0.6) is 0 Å². The molecule has 5 rings (SSSR count). The summed E-state index contributed by atoms with van der Waals surface area (Å²) in [5.74, 6) is -0.501. The number of amides is 1. The molecule has 4 aromatic rings. The molecule has 5 nitrogen and oxygen atoms in total. The number of rotatable bonds is 3. The average molecular weight is 381 g/mol. The molecule has 5 heteroatoms. The number of hydrogen-bond acceptors (Lipinski definition) is 3. The summed E-state index contributed by atoms with van der Waals surface area (Å²) in [5, 5.41) is 9.48. The highest BCUT2D eigenvalue weighted by Crippen LogP contribution is 2.35. The molecular weight excluding hydrogens is 362 g/mol. The van der Waals surface area contributed by atoms with Crippen molar-refractivity contribution >= 4 is 22.4 Å². The minimum absolute atomic E-state index is 0.122. The number of aromatic nitrogens is 2. The molecule has 0 aliphatic heterocycles. The van der Waals surface area contributed by atoms with Crippen LogP contribution in [0, 0.1) is 6.92 Å². The highest BCUT2D eigenvalue weighted by molar-refractivity contribution is 6.09. The summed E-state index contributed by atoms with van der Waals surface area (Å²) >= 11 is 0. The number of hydrogen-bond donors (Lipinski definition) is 1. The van der Waals surface area contributed by atoms with Gasteiger partial charge in [-0.2, -0.15) is 5.10 Å². The van der Waals surface area contributed by atoms with Gasteiger partial charge in [-0.15, -0.1) is 0 Å². The molecule has 29 heavy (non-hydrogen) atoms. The first kappa shape index (κ1) is 17.4. The first-order valence-electron chi connectivity index (χ1n) is 9.63. The van der Waals surface area contributed by atoms with E-state index in [4.69, 9.17) is 0 Å². The van der Waals surface area contributed by atoms with E-state index in [0.717, 1.165) is 23.9 Å². The molecule has 0 unspecified atom stereocenters. The normalized spacial score (nSPS) is 12.3. The molecule has 0 atom stereocenters. The van der Waals surface area contributed by atoms with Crippen LogP contribution in [0.3, 0.4) is 0 Å². The number of nitrogens with one attached hydrogen (secondary N) is 1. The molecule has 0 saturated carbocycles. The van der Waals surface area contributed by atoms with Crippen molar-refractivity contribution in [1.82, 2.24) is 9.78 Å². The first-order chi connectivity index (χ1) is 14.1. The molecule has 142 valence electrons. The van der Waals surface area contributed by atoms with Crippen molar-refractivity contribution in [2.24, 2.45) is 0 Å². The van der Waals surface area contributed by atoms with E-state index < -0.39 is 11.3 Å². The van der Waals surface area contributed by atoms with Crippen LogP contribution in [0.4, 0.5) is 5.69 Å². The summed E-state index contributed by atoms with van der Waals surface area (Å²) in [6.07, 6.45) is 2.04. The van der Waals surface area contributed by atoms with Crippen LogP contribution in [-0.4, -0.2) is 15.7 Å². The Bertz CT molecular complexity index is 1310. The number of aryl methyl sites for hydroxylation is 3. The van der Waals surface area contributed by atoms with E-state index in [0.29, 0.717) is 11.4 Å². The van der Waals surface area contributed by atoms with Gasteiger partial charge in [-0.3, -0.25) is 9.59 Å². The molecule has 0 fully saturated rings. The molecule has 1 heterocycles. The number of benzene rings is 3. The van der Waals surface area contributed by atoms with E-state index in [9.17, 15) is 9.59 Å². The Morgan fingerprint density at radius 2 is 1.72 bits per heavy atom. The Hall–Kier alpha value is -3.73. The molecule has 1 aliphatic carbocycles. The number of anilines is 1. The van der Waals surface area contributed by atoms with Gasteiger partial charge in [-0.05, 0) is 54.5 Å². The van der Waals surface area contributed by atoms with E-state index in [1.54, 1.807) is 11.6 Å². The topological polar surface area (TPSA) is 64.0 Å². The van der Waals surface area contributed by atoms with Crippen LogP contribution in [0.1, 0.15) is 27.3 Å². The fraction of sp³-hybridized carbons (Fsp3) is 0.125. The summed E-state index contributed by atoms with van der Waals surface area (Å²) in [6, 6.07) is 21.0. The van der Waals surface area contributed by atoms with E-state index in [2.05, 4.69) is 22.5 Å². The number of para-hydroxylation sites is 1. The molecule has 0 saturated heterocycles. The van der Waals surface area contributed by atoms with Crippen LogP contribution in [-0.2, 0) is 12.8 Å². The molecule has 1 aromatic heterocycles. The Balaban J connectivity index is 1.56. The Morgan fingerprint density at radius 3 is 2.52 bits per heavy atom. The predicted octanol–water partition coefficient (Wildman–Crippen LogP) is 4.05. The van der Waals surface area contributed by atoms with Crippen molar-refractivity contribution in [3.63, 3.8) is 0 Å². The first-order valence-corrected chi connectivity index (χ1v) is 9.63. The van der Waals surface area contributed by atoms with Crippen molar-refractivity contribution in [3.05, 3.63) is 99.5 Å². The van der Waals surface area contributed by atoms with Crippen LogP contribution in [0.25, 0.3) is 16.5 Å². The molecule has 0 spiro atoms. The Morgan fingerprint density at radius 1 is 0.966 bits per heavy atom. The smallest absolute Gasteiger partial charge is 0.280 e. The third kappa shape index (κ3) is 2.91. The summed E-state index contributed by atoms with van der Waals surface area (Å²) in [6.45, 7) is 1.80. The zero-order valence-electron chi connectivity index (χ0n) is 16.0. The maximum Gasteiger partial charge on any atom is 0.280 e. The van der Waals surface area contributed by atoms with Crippen molar-refractivity contribution in [1.29, 1.82) is 0 Å². The molecule has 0 radical (unpaired) electrons. The fourth-order valence-electron chi connectivity index (χ4n) is 4.07. The molecule has 1 N–H and O–H groups in total. The summed E-state index contributed by atoms with van der Waals surface area (Å²) in [5.41, 5.74) is 4.25. The predicted molar refractivity (Wildman–Crippen MR) is 114 cm³/mol. The second kappa shape index (κ2) is 6.71. The van der Waals surface area contributed by atoms with Gasteiger partial charge in [0, 0.05) is 22.8 Å². The van der Waals surface area contributed by atoms with Gasteiger partial charge >= 0.3 is 0 Å². The average Bonchev–Trinajstić information content (AvgIpc) is 3.15. The van der Waals surface area contributed by atoms with Crippen molar-refractivity contribution in [3.8, 4) is 5.69 Å². The fourth-order valence-corrected chi connectivity index (χ4v) is 4.07. The molecular formula is C24H19N3O2. The lowest BCUT2D eigenvalue weighted by Crippen LogP contribution is -2.27. The second-order valence-corrected chi connectivity index (χ2v) is 7.31. The summed E-state index contributed by atoms with van der Waals surface area (Å²) < 4.78 is 1.61. The van der Waals surface area contributed by atoms with Crippen LogP contribution in [0.2, 0.25) is 0 Å². The molecule has 3 aromatic carbocycles. The number of nitrogens with zero attached hydrogens (tertiary/aromatic N) is 2. The SMILES string of the molecule is Cc1cc(=O)c(C(=O)Nc2ccc3c4c(cccc24)CC3)nn1-c1ccccc1. The Labute approximate surface area is 167 Å². The van der Waals surface area contributed by atoms with E-state index >= 15 is 0 Å². The summed E-state index contributed by atoms with van der Waals surface area (Å²) in [4.78, 5) is 25.5. The number of carbonyl (C=O) groups excluding carboxylic acids is 1. The summed E-state index contributed by atoms with van der Waals surface area (Å²) in [7, 11) is 0. The number of carbonyl (C=O) groups is 1. The lowest BCUT2D eigenvalue weighted by molar-refractivity contribution is 0.101. The van der Waals surface area contributed by atoms with E-state index in [1.807, 2.05) is 48.5 Å². The van der Waals surface area contributed by atoms with Gasteiger partial charge in [0.15, 0.2) is 5.69 Å². The van der Waals surface area contributed by atoms with E-state index in [1.165, 1.54) is 22.6 Å².